The van der Waals surface area contributed by atoms with Gasteiger partial charge in [0.15, 0.2) is 0 Å². The summed E-state index contributed by atoms with van der Waals surface area (Å²) in [5.74, 6) is 0.842. The van der Waals surface area contributed by atoms with E-state index >= 15 is 0 Å². The van der Waals surface area contributed by atoms with Crippen LogP contribution >= 0.6 is 34.5 Å². The Kier molecular flexibility index (Phi) is 3.48. The smallest absolute Gasteiger partial charge is 0.128 e. The minimum Gasteiger partial charge on any atom is -0.320 e. The Balaban J connectivity index is 2.16. The third-order valence-corrected chi connectivity index (χ3v) is 4.07. The van der Waals surface area contributed by atoms with Gasteiger partial charge in [0, 0.05) is 16.6 Å². The number of nitrogens with zero attached hydrogens (tertiary/aromatic N) is 3. The molecule has 0 fully saturated rings. The number of thiazole rings is 1. The average molecular weight is 312 g/mol. The number of rotatable bonds is 3. The predicted octanol–water partition coefficient (Wildman–Crippen LogP) is 4.49. The molecule has 0 radical (unpaired) electrons. The van der Waals surface area contributed by atoms with Crippen LogP contribution in [0.2, 0.25) is 5.02 Å². The number of halogens is 2. The molecule has 3 aromatic rings. The predicted molar refractivity (Wildman–Crippen MR) is 80.2 cm³/mol. The molecule has 98 valence electrons. The van der Waals surface area contributed by atoms with Crippen LogP contribution < -0.4 is 0 Å². The summed E-state index contributed by atoms with van der Waals surface area (Å²) >= 11 is 13.9. The highest BCUT2D eigenvalue weighted by atomic mass is 35.5. The van der Waals surface area contributed by atoms with Crippen molar-refractivity contribution in [1.29, 1.82) is 0 Å². The van der Waals surface area contributed by atoms with Crippen molar-refractivity contribution in [1.82, 2.24) is 14.5 Å². The van der Waals surface area contributed by atoms with Gasteiger partial charge in [-0.2, -0.15) is 0 Å². The molecule has 0 aliphatic rings. The summed E-state index contributed by atoms with van der Waals surface area (Å²) in [5.41, 5.74) is 1.90. The highest BCUT2D eigenvalue weighted by Crippen LogP contribution is 2.27. The average Bonchev–Trinajstić information content (AvgIpc) is 2.97. The van der Waals surface area contributed by atoms with Crippen LogP contribution in [0.3, 0.4) is 0 Å². The van der Waals surface area contributed by atoms with E-state index in [4.69, 9.17) is 23.2 Å². The molecule has 1 unspecified atom stereocenters. The van der Waals surface area contributed by atoms with E-state index in [1.807, 2.05) is 30.5 Å². The summed E-state index contributed by atoms with van der Waals surface area (Å²) in [6.45, 7) is 2.60. The number of aromatic nitrogens is 3. The second-order valence-corrected chi connectivity index (χ2v) is 6.30. The fourth-order valence-corrected chi connectivity index (χ4v) is 2.99. The van der Waals surface area contributed by atoms with Gasteiger partial charge in [-0.3, -0.25) is 0 Å². The summed E-state index contributed by atoms with van der Waals surface area (Å²) in [4.78, 5) is 8.89. The van der Waals surface area contributed by atoms with Gasteiger partial charge in [0.25, 0.3) is 0 Å². The van der Waals surface area contributed by atoms with Crippen molar-refractivity contribution in [2.24, 2.45) is 0 Å². The fraction of sp³-hybridized carbons (Fsp3) is 0.231. The summed E-state index contributed by atoms with van der Waals surface area (Å²) in [6, 6.07) is 5.70. The maximum absolute atomic E-state index is 6.23. The summed E-state index contributed by atoms with van der Waals surface area (Å²) in [6.07, 6.45) is 1.81. The van der Waals surface area contributed by atoms with Crippen LogP contribution in [0.1, 0.15) is 23.1 Å². The largest absolute Gasteiger partial charge is 0.320 e. The number of hydrogen-bond donors (Lipinski definition) is 0. The highest BCUT2D eigenvalue weighted by Gasteiger charge is 2.16. The van der Waals surface area contributed by atoms with E-state index in [9.17, 15) is 0 Å². The monoisotopic (exact) mass is 311 g/mol. The summed E-state index contributed by atoms with van der Waals surface area (Å²) in [7, 11) is 0. The normalized spacial score (nSPS) is 13.0. The second kappa shape index (κ2) is 5.12. The zero-order valence-corrected chi connectivity index (χ0v) is 12.5. The van der Waals surface area contributed by atoms with Gasteiger partial charge in [-0.25, -0.2) is 9.97 Å². The van der Waals surface area contributed by atoms with Gasteiger partial charge in [-0.05, 0) is 25.1 Å². The fourth-order valence-electron chi connectivity index (χ4n) is 2.06. The number of imidazole rings is 1. The number of fused-ring (bicyclic) bond motifs is 1. The Bertz CT molecular complexity index is 704. The minimum absolute atomic E-state index is 0.161. The van der Waals surface area contributed by atoms with Crippen LogP contribution in [0.25, 0.3) is 11.0 Å². The lowest BCUT2D eigenvalue weighted by atomic mass is 10.3. The molecule has 0 amide bonds. The zero-order chi connectivity index (χ0) is 13.4. The van der Waals surface area contributed by atoms with Gasteiger partial charge in [0.05, 0.1) is 23.0 Å². The van der Waals surface area contributed by atoms with E-state index in [0.717, 1.165) is 21.9 Å². The Morgan fingerprint density at radius 1 is 1.42 bits per heavy atom. The van der Waals surface area contributed by atoms with Crippen LogP contribution in [0.15, 0.2) is 29.8 Å². The topological polar surface area (TPSA) is 30.7 Å². The number of hydrogen-bond acceptors (Lipinski definition) is 3. The van der Waals surface area contributed by atoms with Crippen LogP contribution in [-0.2, 0) is 6.54 Å². The van der Waals surface area contributed by atoms with Crippen molar-refractivity contribution in [3.05, 3.63) is 45.6 Å². The molecule has 2 heterocycles. The van der Waals surface area contributed by atoms with E-state index in [0.29, 0.717) is 11.6 Å². The van der Waals surface area contributed by atoms with Gasteiger partial charge in [0.2, 0.25) is 0 Å². The first-order chi connectivity index (χ1) is 9.15. The first kappa shape index (κ1) is 12.9. The van der Waals surface area contributed by atoms with E-state index in [1.54, 1.807) is 17.5 Å². The van der Waals surface area contributed by atoms with Gasteiger partial charge in [-0.15, -0.1) is 22.9 Å². The molecule has 0 aliphatic heterocycles. The Labute approximate surface area is 124 Å². The second-order valence-electron chi connectivity index (χ2n) is 4.23. The standard InChI is InChI=1S/C13H11Cl2N3S/c1-8(14)13-17-10-6-9(15)2-3-11(10)18(13)7-12-16-4-5-19-12/h2-6,8H,7H2,1H3. The Hall–Kier alpha value is -1.10. The van der Waals surface area contributed by atoms with E-state index in [1.165, 1.54) is 0 Å². The molecular formula is C13H11Cl2N3S. The molecule has 0 aliphatic carbocycles. The molecule has 2 aromatic heterocycles. The third kappa shape index (κ3) is 2.48. The summed E-state index contributed by atoms with van der Waals surface area (Å²) < 4.78 is 2.10. The van der Waals surface area contributed by atoms with Crippen molar-refractivity contribution in [2.45, 2.75) is 18.8 Å². The van der Waals surface area contributed by atoms with Crippen LogP contribution in [0.5, 0.6) is 0 Å². The molecule has 3 nitrogen and oxygen atoms in total. The molecule has 0 bridgehead atoms. The van der Waals surface area contributed by atoms with Crippen molar-refractivity contribution in [2.75, 3.05) is 0 Å². The highest BCUT2D eigenvalue weighted by molar-refractivity contribution is 7.09. The molecule has 6 heteroatoms. The first-order valence-corrected chi connectivity index (χ1v) is 7.52. The zero-order valence-electron chi connectivity index (χ0n) is 10.2. The van der Waals surface area contributed by atoms with Gasteiger partial charge < -0.3 is 4.57 Å². The third-order valence-electron chi connectivity index (χ3n) is 2.87. The van der Waals surface area contributed by atoms with Crippen molar-refractivity contribution >= 4 is 45.6 Å². The molecular weight excluding hydrogens is 301 g/mol. The maximum Gasteiger partial charge on any atom is 0.128 e. The van der Waals surface area contributed by atoms with Gasteiger partial charge in [-0.1, -0.05) is 11.6 Å². The molecule has 1 aromatic carbocycles. The van der Waals surface area contributed by atoms with Gasteiger partial charge >= 0.3 is 0 Å². The molecule has 0 saturated heterocycles. The van der Waals surface area contributed by atoms with Crippen molar-refractivity contribution in [3.63, 3.8) is 0 Å². The first-order valence-electron chi connectivity index (χ1n) is 5.83. The lowest BCUT2D eigenvalue weighted by molar-refractivity contribution is 0.738. The molecule has 3 rings (SSSR count). The van der Waals surface area contributed by atoms with Crippen LogP contribution in [0, 0.1) is 0 Å². The van der Waals surface area contributed by atoms with Gasteiger partial charge in [0.1, 0.15) is 10.8 Å². The SMILES string of the molecule is CC(Cl)c1nc2cc(Cl)ccc2n1Cc1nccs1. The molecule has 0 spiro atoms. The molecule has 1 atom stereocenters. The van der Waals surface area contributed by atoms with Crippen molar-refractivity contribution < 1.29 is 0 Å². The Morgan fingerprint density at radius 2 is 2.26 bits per heavy atom. The lowest BCUT2D eigenvalue weighted by Gasteiger charge is -2.08. The number of benzene rings is 1. The molecule has 19 heavy (non-hydrogen) atoms. The van der Waals surface area contributed by atoms with E-state index < -0.39 is 0 Å². The summed E-state index contributed by atoms with van der Waals surface area (Å²) in [5, 5.41) is 3.52. The molecule has 0 saturated carbocycles. The molecule has 0 N–H and O–H groups in total. The van der Waals surface area contributed by atoms with Crippen molar-refractivity contribution in [3.8, 4) is 0 Å². The maximum atomic E-state index is 6.23. The Morgan fingerprint density at radius 3 is 2.95 bits per heavy atom. The quantitative estimate of drug-likeness (QED) is 0.667. The van der Waals surface area contributed by atoms with Crippen LogP contribution in [-0.4, -0.2) is 14.5 Å². The number of alkyl halides is 1. The lowest BCUT2D eigenvalue weighted by Crippen LogP contribution is -2.05. The van der Waals surface area contributed by atoms with E-state index in [2.05, 4.69) is 14.5 Å². The van der Waals surface area contributed by atoms with Crippen LogP contribution in [0.4, 0.5) is 0 Å². The minimum atomic E-state index is -0.161. The van der Waals surface area contributed by atoms with E-state index in [-0.39, 0.29) is 5.38 Å².